The van der Waals surface area contributed by atoms with Crippen LogP contribution in [-0.4, -0.2) is 85.0 Å². The molecule has 0 aliphatic carbocycles. The summed E-state index contributed by atoms with van der Waals surface area (Å²) in [6.07, 6.45) is 11.0. The number of hydrogen-bond acceptors (Lipinski definition) is 4. The zero-order chi connectivity index (χ0) is 19.4. The molecule has 4 aliphatic rings. The Balaban J connectivity index is 1.54. The predicted octanol–water partition coefficient (Wildman–Crippen LogP) is 2.27. The van der Waals surface area contributed by atoms with Gasteiger partial charge in [0.2, 0.25) is 11.8 Å². The van der Waals surface area contributed by atoms with Crippen LogP contribution in [0.15, 0.2) is 0 Å². The first-order chi connectivity index (χ1) is 13.7. The molecule has 1 unspecified atom stereocenters. The van der Waals surface area contributed by atoms with E-state index in [9.17, 15) is 9.59 Å². The van der Waals surface area contributed by atoms with Gasteiger partial charge in [0.05, 0.1) is 6.54 Å². The molecule has 0 aromatic rings. The van der Waals surface area contributed by atoms with Crippen LogP contribution in [0.4, 0.5) is 0 Å². The highest BCUT2D eigenvalue weighted by Crippen LogP contribution is 2.45. The molecule has 0 saturated carbocycles. The fraction of sp³-hybridized carbons (Fsp3) is 0.909. The average molecular weight is 392 g/mol. The van der Waals surface area contributed by atoms with Crippen molar-refractivity contribution in [3.63, 3.8) is 0 Å². The van der Waals surface area contributed by atoms with Crippen LogP contribution in [0, 0.1) is 5.41 Å². The number of hydrogen-bond donors (Lipinski definition) is 0. The third kappa shape index (κ3) is 4.23. The smallest absolute Gasteiger partial charge is 0.245 e. The fourth-order valence-electron chi connectivity index (χ4n) is 5.85. The summed E-state index contributed by atoms with van der Waals surface area (Å²) in [5, 5.41) is 0. The fourth-order valence-corrected chi connectivity index (χ4v) is 5.85. The van der Waals surface area contributed by atoms with E-state index < -0.39 is 0 Å². The van der Waals surface area contributed by atoms with Gasteiger partial charge in [-0.3, -0.25) is 14.5 Å². The number of likely N-dealkylation sites (tertiary alicyclic amines) is 3. The van der Waals surface area contributed by atoms with E-state index in [1.54, 1.807) is 0 Å². The molecule has 0 bridgehead atoms. The number of nitrogens with zero attached hydrogens (tertiary/aromatic N) is 3. The van der Waals surface area contributed by atoms with Crippen LogP contribution in [0.2, 0.25) is 0 Å². The van der Waals surface area contributed by atoms with E-state index in [4.69, 9.17) is 4.74 Å². The summed E-state index contributed by atoms with van der Waals surface area (Å²) in [6, 6.07) is -0.275. The van der Waals surface area contributed by atoms with Crippen molar-refractivity contribution in [3.8, 4) is 0 Å². The molecule has 4 saturated heterocycles. The summed E-state index contributed by atoms with van der Waals surface area (Å²) >= 11 is 0. The first-order valence-electron chi connectivity index (χ1n) is 11.6. The molecule has 28 heavy (non-hydrogen) atoms. The van der Waals surface area contributed by atoms with Crippen LogP contribution in [0.3, 0.4) is 0 Å². The van der Waals surface area contributed by atoms with Gasteiger partial charge < -0.3 is 14.5 Å². The Kier molecular flexibility index (Phi) is 6.56. The van der Waals surface area contributed by atoms with E-state index in [1.165, 1.54) is 25.7 Å². The van der Waals surface area contributed by atoms with E-state index in [2.05, 4.69) is 4.90 Å². The Hall–Kier alpha value is -1.14. The third-order valence-electron chi connectivity index (χ3n) is 7.48. The minimum Gasteiger partial charge on any atom is -0.381 e. The SMILES string of the molecule is O=C(C1N(C(=O)CN2CCCCCC2)CCCC12CCOCC2)N1CCCC1. The lowest BCUT2D eigenvalue weighted by atomic mass is 9.67. The van der Waals surface area contributed by atoms with Crippen molar-refractivity contribution in [1.29, 1.82) is 0 Å². The summed E-state index contributed by atoms with van der Waals surface area (Å²) in [5.74, 6) is 0.383. The maximum absolute atomic E-state index is 13.6. The second-order valence-electron chi connectivity index (χ2n) is 9.29. The van der Waals surface area contributed by atoms with Crippen molar-refractivity contribution in [2.45, 2.75) is 70.3 Å². The van der Waals surface area contributed by atoms with E-state index >= 15 is 0 Å². The van der Waals surface area contributed by atoms with Crippen LogP contribution in [0.5, 0.6) is 0 Å². The normalized spacial score (nSPS) is 29.1. The Labute approximate surface area is 169 Å². The van der Waals surface area contributed by atoms with Gasteiger partial charge >= 0.3 is 0 Å². The first-order valence-corrected chi connectivity index (χ1v) is 11.6. The Morgan fingerprint density at radius 1 is 0.786 bits per heavy atom. The van der Waals surface area contributed by atoms with Gasteiger partial charge in [0.15, 0.2) is 0 Å². The summed E-state index contributed by atoms with van der Waals surface area (Å²) < 4.78 is 5.65. The second-order valence-corrected chi connectivity index (χ2v) is 9.29. The lowest BCUT2D eigenvalue weighted by Gasteiger charge is -2.51. The molecule has 2 amide bonds. The molecule has 1 atom stereocenters. The molecule has 4 heterocycles. The van der Waals surface area contributed by atoms with Crippen LogP contribution >= 0.6 is 0 Å². The largest absolute Gasteiger partial charge is 0.381 e. The van der Waals surface area contributed by atoms with Gasteiger partial charge in [-0.15, -0.1) is 0 Å². The quantitative estimate of drug-likeness (QED) is 0.741. The Bertz CT molecular complexity index is 542. The van der Waals surface area contributed by atoms with Gasteiger partial charge in [0.25, 0.3) is 0 Å². The molecule has 0 N–H and O–H groups in total. The van der Waals surface area contributed by atoms with Crippen molar-refractivity contribution < 1.29 is 14.3 Å². The second kappa shape index (κ2) is 9.12. The van der Waals surface area contributed by atoms with Crippen LogP contribution in [-0.2, 0) is 14.3 Å². The topological polar surface area (TPSA) is 53.1 Å². The third-order valence-corrected chi connectivity index (χ3v) is 7.48. The van der Waals surface area contributed by atoms with E-state index in [1.807, 2.05) is 9.80 Å². The van der Waals surface area contributed by atoms with Crippen molar-refractivity contribution in [2.24, 2.45) is 5.41 Å². The highest BCUT2D eigenvalue weighted by molar-refractivity contribution is 5.89. The van der Waals surface area contributed by atoms with Gasteiger partial charge in [-0.25, -0.2) is 0 Å². The number of rotatable bonds is 3. The molecular formula is C22H37N3O3. The molecule has 6 nitrogen and oxygen atoms in total. The van der Waals surface area contributed by atoms with Crippen LogP contribution < -0.4 is 0 Å². The minimum atomic E-state index is -0.275. The molecular weight excluding hydrogens is 354 g/mol. The van der Waals surface area contributed by atoms with Crippen molar-refractivity contribution >= 4 is 11.8 Å². The average Bonchev–Trinajstić information content (AvgIpc) is 3.13. The maximum Gasteiger partial charge on any atom is 0.245 e. The molecule has 158 valence electrons. The van der Waals surface area contributed by atoms with Crippen molar-refractivity contribution in [3.05, 3.63) is 0 Å². The van der Waals surface area contributed by atoms with Gasteiger partial charge in [0, 0.05) is 38.3 Å². The summed E-state index contributed by atoms with van der Waals surface area (Å²) in [7, 11) is 0. The number of carbonyl (C=O) groups is 2. The van der Waals surface area contributed by atoms with Crippen molar-refractivity contribution in [1.82, 2.24) is 14.7 Å². The Morgan fingerprint density at radius 2 is 1.43 bits per heavy atom. The molecule has 4 aliphatic heterocycles. The maximum atomic E-state index is 13.6. The zero-order valence-electron chi connectivity index (χ0n) is 17.4. The molecule has 6 heteroatoms. The minimum absolute atomic E-state index is 0.0787. The molecule has 4 fully saturated rings. The van der Waals surface area contributed by atoms with Gasteiger partial charge in [-0.1, -0.05) is 12.8 Å². The first kappa shape index (κ1) is 20.1. The molecule has 0 aromatic carbocycles. The summed E-state index contributed by atoms with van der Waals surface area (Å²) in [5.41, 5.74) is -0.0787. The number of amides is 2. The highest BCUT2D eigenvalue weighted by atomic mass is 16.5. The highest BCUT2D eigenvalue weighted by Gasteiger charge is 2.51. The molecule has 0 aromatic heterocycles. The number of piperidine rings is 1. The number of carbonyl (C=O) groups excluding carboxylic acids is 2. The summed E-state index contributed by atoms with van der Waals surface area (Å²) in [6.45, 7) is 6.41. The predicted molar refractivity (Wildman–Crippen MR) is 108 cm³/mol. The van der Waals surface area contributed by atoms with Crippen LogP contribution in [0.1, 0.15) is 64.2 Å². The van der Waals surface area contributed by atoms with Gasteiger partial charge in [-0.05, 0) is 64.5 Å². The molecule has 1 spiro atoms. The monoisotopic (exact) mass is 391 g/mol. The van der Waals surface area contributed by atoms with E-state index in [0.717, 1.165) is 84.5 Å². The number of ether oxygens (including phenoxy) is 1. The molecule has 4 rings (SSSR count). The van der Waals surface area contributed by atoms with Crippen molar-refractivity contribution in [2.75, 3.05) is 52.5 Å². The lowest BCUT2D eigenvalue weighted by Crippen LogP contribution is -2.63. The standard InChI is InChI=1S/C22H37N3O3/c26-19(18-23-11-3-1-2-4-12-23)25-15-7-8-22(9-16-28-17-10-22)20(25)21(27)24-13-5-6-14-24/h20H,1-18H2. The van der Waals surface area contributed by atoms with E-state index in [0.29, 0.717) is 6.54 Å². The molecule has 0 radical (unpaired) electrons. The van der Waals surface area contributed by atoms with Crippen LogP contribution in [0.25, 0.3) is 0 Å². The van der Waals surface area contributed by atoms with E-state index in [-0.39, 0.29) is 23.3 Å². The summed E-state index contributed by atoms with van der Waals surface area (Å²) in [4.78, 5) is 33.4. The Morgan fingerprint density at radius 3 is 2.11 bits per heavy atom. The lowest BCUT2D eigenvalue weighted by molar-refractivity contribution is -0.161. The van der Waals surface area contributed by atoms with Gasteiger partial charge in [0.1, 0.15) is 6.04 Å². The van der Waals surface area contributed by atoms with Gasteiger partial charge in [-0.2, -0.15) is 0 Å². The zero-order valence-corrected chi connectivity index (χ0v) is 17.4.